The molecular weight excluding hydrogens is 450 g/mol. The predicted molar refractivity (Wildman–Crippen MR) is 138 cm³/mol. The summed E-state index contributed by atoms with van der Waals surface area (Å²) in [6, 6.07) is 24.7. The third-order valence-corrected chi connectivity index (χ3v) is 7.84. The molecule has 0 saturated carbocycles. The first-order valence-electron chi connectivity index (χ1n) is 12.6. The Kier molecular flexibility index (Phi) is 4.92. The van der Waals surface area contributed by atoms with E-state index in [1.165, 1.54) is 5.56 Å². The van der Waals surface area contributed by atoms with Gasteiger partial charge < -0.3 is 14.8 Å². The molecule has 2 amide bonds. The van der Waals surface area contributed by atoms with Crippen LogP contribution in [0.15, 0.2) is 72.8 Å². The van der Waals surface area contributed by atoms with Gasteiger partial charge in [0.1, 0.15) is 5.82 Å². The molecule has 0 aliphatic carbocycles. The molecule has 3 aliphatic heterocycles. The van der Waals surface area contributed by atoms with Crippen LogP contribution in [0.2, 0.25) is 0 Å². The zero-order chi connectivity index (χ0) is 24.2. The van der Waals surface area contributed by atoms with E-state index in [9.17, 15) is 9.59 Å². The Morgan fingerprint density at radius 3 is 2.67 bits per heavy atom. The molecule has 3 aliphatic rings. The van der Waals surface area contributed by atoms with Crippen molar-refractivity contribution >= 4 is 22.8 Å². The van der Waals surface area contributed by atoms with Gasteiger partial charge in [0.15, 0.2) is 0 Å². The van der Waals surface area contributed by atoms with E-state index in [1.54, 1.807) is 0 Å². The normalized spacial score (nSPS) is 21.1. The van der Waals surface area contributed by atoms with Gasteiger partial charge in [-0.05, 0) is 36.2 Å². The van der Waals surface area contributed by atoms with Gasteiger partial charge >= 0.3 is 0 Å². The second-order valence-corrected chi connectivity index (χ2v) is 10.0. The summed E-state index contributed by atoms with van der Waals surface area (Å²) in [7, 11) is 0. The van der Waals surface area contributed by atoms with Gasteiger partial charge in [0, 0.05) is 55.9 Å². The number of piperazine rings is 1. The fraction of sp³-hybridized carbons (Fsp3) is 0.276. The van der Waals surface area contributed by atoms with Crippen LogP contribution in [0.5, 0.6) is 0 Å². The summed E-state index contributed by atoms with van der Waals surface area (Å²) in [6.45, 7) is 3.82. The molecule has 1 N–H and O–H groups in total. The van der Waals surface area contributed by atoms with Crippen LogP contribution in [-0.2, 0) is 13.1 Å². The zero-order valence-corrected chi connectivity index (χ0v) is 19.9. The van der Waals surface area contributed by atoms with E-state index in [0.717, 1.165) is 48.5 Å². The Morgan fingerprint density at radius 2 is 1.83 bits per heavy atom. The number of imidazole rings is 1. The van der Waals surface area contributed by atoms with Gasteiger partial charge in [-0.1, -0.05) is 48.5 Å². The molecule has 3 aromatic carbocycles. The Bertz CT molecular complexity index is 1490. The molecule has 1 aromatic heterocycles. The quantitative estimate of drug-likeness (QED) is 0.488. The van der Waals surface area contributed by atoms with Crippen LogP contribution in [0, 0.1) is 0 Å². The number of carbonyl (C=O) groups is 2. The highest BCUT2D eigenvalue weighted by atomic mass is 16.2. The first-order valence-corrected chi connectivity index (χ1v) is 12.6. The van der Waals surface area contributed by atoms with Crippen molar-refractivity contribution in [2.45, 2.75) is 31.6 Å². The van der Waals surface area contributed by atoms with Crippen LogP contribution in [0.1, 0.15) is 32.7 Å². The number of nitrogens with one attached hydrogen (secondary N) is 1. The van der Waals surface area contributed by atoms with Crippen molar-refractivity contribution in [3.05, 3.63) is 89.5 Å². The molecule has 2 bridgehead atoms. The maximum absolute atomic E-state index is 13.6. The summed E-state index contributed by atoms with van der Waals surface area (Å²) in [4.78, 5) is 35.5. The SMILES string of the molecule is O=C1NCCn2c(-c3cccc(C(=O)N4CC5CC4CN5Cc4ccccc4)c3)nc3cccc1c32. The van der Waals surface area contributed by atoms with Crippen LogP contribution in [0.3, 0.4) is 0 Å². The Hall–Kier alpha value is -3.97. The molecule has 0 spiro atoms. The van der Waals surface area contributed by atoms with Gasteiger partial charge in [-0.25, -0.2) is 4.98 Å². The summed E-state index contributed by atoms with van der Waals surface area (Å²) < 4.78 is 2.10. The van der Waals surface area contributed by atoms with Crippen LogP contribution >= 0.6 is 0 Å². The van der Waals surface area contributed by atoms with Crippen LogP contribution in [0.25, 0.3) is 22.4 Å². The number of carbonyl (C=O) groups excluding carboxylic acids is 2. The van der Waals surface area contributed by atoms with Crippen LogP contribution < -0.4 is 5.32 Å². The number of hydrogen-bond donors (Lipinski definition) is 1. The van der Waals surface area contributed by atoms with Crippen molar-refractivity contribution in [2.24, 2.45) is 0 Å². The van der Waals surface area contributed by atoms with Crippen molar-refractivity contribution in [1.29, 1.82) is 0 Å². The third-order valence-electron chi connectivity index (χ3n) is 7.84. The molecule has 2 saturated heterocycles. The maximum Gasteiger partial charge on any atom is 0.254 e. The minimum absolute atomic E-state index is 0.0693. The van der Waals surface area contributed by atoms with Crippen molar-refractivity contribution in [2.75, 3.05) is 19.6 Å². The monoisotopic (exact) mass is 477 g/mol. The fourth-order valence-electron chi connectivity index (χ4n) is 6.15. The predicted octanol–water partition coefficient (Wildman–Crippen LogP) is 3.55. The molecule has 7 rings (SSSR count). The summed E-state index contributed by atoms with van der Waals surface area (Å²) in [6.07, 6.45) is 1.04. The molecule has 2 unspecified atom stereocenters. The van der Waals surface area contributed by atoms with E-state index in [2.05, 4.69) is 43.9 Å². The highest BCUT2D eigenvalue weighted by molar-refractivity contribution is 6.06. The van der Waals surface area contributed by atoms with Crippen molar-refractivity contribution in [3.63, 3.8) is 0 Å². The molecule has 2 atom stereocenters. The second kappa shape index (κ2) is 8.31. The van der Waals surface area contributed by atoms with Crippen LogP contribution in [-0.4, -0.2) is 62.9 Å². The maximum atomic E-state index is 13.6. The number of hydrogen-bond acceptors (Lipinski definition) is 4. The van der Waals surface area contributed by atoms with E-state index in [1.807, 2.05) is 48.5 Å². The lowest BCUT2D eigenvalue weighted by Crippen LogP contribution is -2.48. The second-order valence-electron chi connectivity index (χ2n) is 10.0. The minimum atomic E-state index is -0.0693. The lowest BCUT2D eigenvalue weighted by Gasteiger charge is -2.34. The zero-order valence-electron chi connectivity index (χ0n) is 19.9. The van der Waals surface area contributed by atoms with Crippen molar-refractivity contribution < 1.29 is 9.59 Å². The van der Waals surface area contributed by atoms with Crippen LogP contribution in [0.4, 0.5) is 0 Å². The standard InChI is InChI=1S/C29H27N5O2/c35-28-24-10-5-11-25-26(24)33(13-12-30-28)27(31-25)20-8-4-9-21(14-20)29(36)34-18-22-15-23(34)17-32(22)16-19-6-2-1-3-7-19/h1-11,14,22-23H,12-13,15-18H2,(H,30,35). The van der Waals surface area contributed by atoms with E-state index in [0.29, 0.717) is 30.3 Å². The van der Waals surface area contributed by atoms with E-state index >= 15 is 0 Å². The summed E-state index contributed by atoms with van der Waals surface area (Å²) >= 11 is 0. The molecule has 36 heavy (non-hydrogen) atoms. The molecule has 180 valence electrons. The molecule has 0 radical (unpaired) electrons. The highest BCUT2D eigenvalue weighted by Gasteiger charge is 2.45. The molecule has 4 aromatic rings. The number of rotatable bonds is 4. The van der Waals surface area contributed by atoms with Gasteiger partial charge in [0.05, 0.1) is 16.6 Å². The Labute approximate surface area is 209 Å². The molecule has 7 heteroatoms. The molecule has 4 heterocycles. The number of nitrogens with zero attached hydrogens (tertiary/aromatic N) is 4. The van der Waals surface area contributed by atoms with Gasteiger partial charge in [0.2, 0.25) is 0 Å². The summed E-state index contributed by atoms with van der Waals surface area (Å²) in [5.74, 6) is 0.814. The summed E-state index contributed by atoms with van der Waals surface area (Å²) in [5.41, 5.74) is 5.21. The van der Waals surface area contributed by atoms with Gasteiger partial charge in [-0.2, -0.15) is 0 Å². The number of amides is 2. The van der Waals surface area contributed by atoms with Crippen molar-refractivity contribution in [1.82, 2.24) is 24.7 Å². The smallest absolute Gasteiger partial charge is 0.254 e. The largest absolute Gasteiger partial charge is 0.350 e. The number of para-hydroxylation sites is 1. The Balaban J connectivity index is 1.15. The number of aromatic nitrogens is 2. The first-order chi connectivity index (χ1) is 17.7. The van der Waals surface area contributed by atoms with E-state index in [-0.39, 0.29) is 17.9 Å². The lowest BCUT2D eigenvalue weighted by atomic mass is 10.1. The average molecular weight is 478 g/mol. The molecule has 2 fully saturated rings. The Morgan fingerprint density at radius 1 is 0.972 bits per heavy atom. The van der Waals surface area contributed by atoms with Gasteiger partial charge in [0.25, 0.3) is 11.8 Å². The van der Waals surface area contributed by atoms with Gasteiger partial charge in [-0.3, -0.25) is 14.5 Å². The first kappa shape index (κ1) is 21.3. The number of fused-ring (bicyclic) bond motifs is 2. The average Bonchev–Trinajstić information content (AvgIpc) is 3.58. The summed E-state index contributed by atoms with van der Waals surface area (Å²) in [5, 5.41) is 2.96. The lowest BCUT2D eigenvalue weighted by molar-refractivity contribution is 0.0616. The topological polar surface area (TPSA) is 70.5 Å². The van der Waals surface area contributed by atoms with E-state index in [4.69, 9.17) is 4.98 Å². The van der Waals surface area contributed by atoms with Gasteiger partial charge in [-0.15, -0.1) is 0 Å². The third kappa shape index (κ3) is 3.42. The van der Waals surface area contributed by atoms with Crippen molar-refractivity contribution in [3.8, 4) is 11.4 Å². The number of likely N-dealkylation sites (tertiary alicyclic amines) is 2. The number of benzene rings is 3. The van der Waals surface area contributed by atoms with E-state index < -0.39 is 0 Å². The molecular formula is C29H27N5O2. The fourth-order valence-corrected chi connectivity index (χ4v) is 6.15. The minimum Gasteiger partial charge on any atom is -0.350 e. The molecule has 7 nitrogen and oxygen atoms in total. The highest BCUT2D eigenvalue weighted by Crippen LogP contribution is 2.34.